The molecule has 1 aromatic heterocycles. The second kappa shape index (κ2) is 8.75. The van der Waals surface area contributed by atoms with Crippen LogP contribution < -0.4 is 5.32 Å². The molecular formula is C23H18ClF3N4O2S. The minimum atomic E-state index is -4.53. The van der Waals surface area contributed by atoms with Crippen LogP contribution in [0.3, 0.4) is 0 Å². The fourth-order valence-corrected chi connectivity index (χ4v) is 5.31. The Labute approximate surface area is 201 Å². The van der Waals surface area contributed by atoms with Crippen LogP contribution in [0.2, 0.25) is 5.02 Å². The van der Waals surface area contributed by atoms with Crippen LogP contribution in [-0.4, -0.2) is 45.0 Å². The number of rotatable bonds is 4. The van der Waals surface area contributed by atoms with Gasteiger partial charge >= 0.3 is 6.18 Å². The van der Waals surface area contributed by atoms with E-state index >= 15 is 0 Å². The van der Waals surface area contributed by atoms with E-state index in [1.54, 1.807) is 30.5 Å². The van der Waals surface area contributed by atoms with E-state index in [1.165, 1.54) is 21.7 Å². The largest absolute Gasteiger partial charge is 0.416 e. The topological polar surface area (TPSA) is 67.2 Å². The van der Waals surface area contributed by atoms with Gasteiger partial charge < -0.3 is 5.32 Å². The van der Waals surface area contributed by atoms with Gasteiger partial charge in [-0.1, -0.05) is 23.7 Å². The molecule has 3 heterocycles. The molecule has 5 rings (SSSR count). The summed E-state index contributed by atoms with van der Waals surface area (Å²) in [7, 11) is 0. The van der Waals surface area contributed by atoms with Crippen LogP contribution in [0.15, 0.2) is 47.5 Å². The number of nitrogens with one attached hydrogen (secondary N) is 1. The van der Waals surface area contributed by atoms with Crippen LogP contribution in [0.1, 0.15) is 23.1 Å². The highest BCUT2D eigenvalue weighted by Gasteiger charge is 2.40. The second-order valence-corrected chi connectivity index (χ2v) is 9.55. The third kappa shape index (κ3) is 4.33. The molecule has 1 N–H and O–H groups in total. The summed E-state index contributed by atoms with van der Waals surface area (Å²) in [6.07, 6.45) is -0.579. The van der Waals surface area contributed by atoms with E-state index in [0.717, 1.165) is 30.8 Å². The molecule has 0 spiro atoms. The lowest BCUT2D eigenvalue weighted by molar-refractivity contribution is -0.138. The normalized spacial score (nSPS) is 20.3. The number of carbonyl (C=O) groups is 2. The highest BCUT2D eigenvalue weighted by Crippen LogP contribution is 2.36. The summed E-state index contributed by atoms with van der Waals surface area (Å²) in [5.41, 5.74) is 0.601. The molecule has 1 unspecified atom stereocenters. The van der Waals surface area contributed by atoms with E-state index in [2.05, 4.69) is 10.4 Å². The number of halogens is 4. The van der Waals surface area contributed by atoms with Gasteiger partial charge in [-0.15, -0.1) is 0 Å². The van der Waals surface area contributed by atoms with Gasteiger partial charge in [0, 0.05) is 17.0 Å². The first kappa shape index (κ1) is 22.9. The first-order chi connectivity index (χ1) is 16.2. The number of hydrogen-bond acceptors (Lipinski definition) is 5. The van der Waals surface area contributed by atoms with Gasteiger partial charge in [0.2, 0.25) is 0 Å². The Morgan fingerprint density at radius 3 is 2.76 bits per heavy atom. The zero-order chi connectivity index (χ0) is 24.0. The first-order valence-corrected chi connectivity index (χ1v) is 11.7. The minimum Gasteiger partial charge on any atom is -0.315 e. The molecule has 2 aliphatic heterocycles. The predicted octanol–water partition coefficient (Wildman–Crippen LogP) is 5.16. The van der Waals surface area contributed by atoms with Crippen LogP contribution in [0, 0.1) is 0 Å². The van der Waals surface area contributed by atoms with Crippen molar-refractivity contribution in [3.05, 3.63) is 69.2 Å². The summed E-state index contributed by atoms with van der Waals surface area (Å²) in [4.78, 5) is 26.8. The lowest BCUT2D eigenvalue weighted by atomic mass is 10.1. The lowest BCUT2D eigenvalue weighted by Crippen LogP contribution is -2.39. The van der Waals surface area contributed by atoms with Crippen molar-refractivity contribution in [1.29, 1.82) is 0 Å². The van der Waals surface area contributed by atoms with Crippen molar-refractivity contribution in [2.24, 2.45) is 0 Å². The Morgan fingerprint density at radius 1 is 1.21 bits per heavy atom. The smallest absolute Gasteiger partial charge is 0.315 e. The van der Waals surface area contributed by atoms with Crippen LogP contribution in [0.25, 0.3) is 17.0 Å². The quantitative estimate of drug-likeness (QED) is 0.495. The number of aromatic nitrogens is 2. The highest BCUT2D eigenvalue weighted by atomic mass is 35.5. The maximum Gasteiger partial charge on any atom is 0.416 e. The Kier molecular flexibility index (Phi) is 5.91. The molecular weight excluding hydrogens is 489 g/mol. The zero-order valence-corrected chi connectivity index (χ0v) is 19.2. The van der Waals surface area contributed by atoms with Gasteiger partial charge in [0.1, 0.15) is 0 Å². The number of benzene rings is 2. The van der Waals surface area contributed by atoms with Gasteiger partial charge in [0.25, 0.3) is 11.1 Å². The first-order valence-electron chi connectivity index (χ1n) is 10.5. The molecule has 2 aliphatic rings. The maximum atomic E-state index is 13.4. The SMILES string of the molecule is O=C1SC(=Cc2ccc3c(cnn3Cc3ccc(Cl)cc3C(F)(F)F)c2)C(=O)N1C1CCNC1. The van der Waals surface area contributed by atoms with E-state index in [9.17, 15) is 22.8 Å². The van der Waals surface area contributed by atoms with Gasteiger partial charge in [-0.3, -0.25) is 19.2 Å². The Hall–Kier alpha value is -2.82. The van der Waals surface area contributed by atoms with Gasteiger partial charge in [-0.25, -0.2) is 0 Å². The number of imide groups is 1. The van der Waals surface area contributed by atoms with Crippen LogP contribution in [0.5, 0.6) is 0 Å². The molecule has 34 heavy (non-hydrogen) atoms. The van der Waals surface area contributed by atoms with Crippen LogP contribution in [-0.2, 0) is 17.5 Å². The molecule has 0 bridgehead atoms. The molecule has 2 fully saturated rings. The summed E-state index contributed by atoms with van der Waals surface area (Å²) in [6.45, 7) is 1.29. The Morgan fingerprint density at radius 2 is 2.03 bits per heavy atom. The van der Waals surface area contributed by atoms with Crippen molar-refractivity contribution < 1.29 is 22.8 Å². The van der Waals surface area contributed by atoms with Gasteiger partial charge in [-0.2, -0.15) is 18.3 Å². The number of amides is 2. The maximum absolute atomic E-state index is 13.4. The molecule has 2 saturated heterocycles. The zero-order valence-electron chi connectivity index (χ0n) is 17.6. The summed E-state index contributed by atoms with van der Waals surface area (Å²) < 4.78 is 41.8. The fraction of sp³-hybridized carbons (Fsp3) is 0.261. The van der Waals surface area contributed by atoms with Gasteiger partial charge in [0.05, 0.1) is 34.8 Å². The van der Waals surface area contributed by atoms with Crippen molar-refractivity contribution in [2.45, 2.75) is 25.2 Å². The number of carbonyl (C=O) groups excluding carboxylic acids is 2. The number of hydrogen-bond donors (Lipinski definition) is 1. The lowest BCUT2D eigenvalue weighted by Gasteiger charge is -2.19. The molecule has 1 atom stereocenters. The van der Waals surface area contributed by atoms with Crippen LogP contribution >= 0.6 is 23.4 Å². The molecule has 2 aromatic carbocycles. The number of fused-ring (bicyclic) bond motifs is 1. The summed E-state index contributed by atoms with van der Waals surface area (Å²) >= 11 is 6.68. The highest BCUT2D eigenvalue weighted by molar-refractivity contribution is 8.18. The summed E-state index contributed by atoms with van der Waals surface area (Å²) in [5.74, 6) is -0.304. The van der Waals surface area contributed by atoms with E-state index in [4.69, 9.17) is 11.6 Å². The molecule has 11 heteroatoms. The minimum absolute atomic E-state index is 0.0136. The van der Waals surface area contributed by atoms with Crippen LogP contribution in [0.4, 0.5) is 18.0 Å². The summed E-state index contributed by atoms with van der Waals surface area (Å²) in [6, 6.07) is 8.83. The summed E-state index contributed by atoms with van der Waals surface area (Å²) in [5, 5.41) is 7.85. The van der Waals surface area contributed by atoms with Crippen molar-refractivity contribution >= 4 is 51.5 Å². The van der Waals surface area contributed by atoms with Crippen molar-refractivity contribution in [2.75, 3.05) is 13.1 Å². The van der Waals surface area contributed by atoms with E-state index < -0.39 is 11.7 Å². The third-order valence-electron chi connectivity index (χ3n) is 5.88. The second-order valence-electron chi connectivity index (χ2n) is 8.12. The average Bonchev–Trinajstić information content (AvgIpc) is 3.49. The standard InChI is InChI=1S/C23H18ClF3N4O2S/c24-16-3-2-14(18(9-16)23(25,26)27)12-30-19-4-1-13(7-15(19)10-29-30)8-20-21(32)31(22(33)34-20)17-5-6-28-11-17/h1-4,7-10,17,28H,5-6,11-12H2. The number of alkyl halides is 3. The van der Waals surface area contributed by atoms with Crippen molar-refractivity contribution in [3.8, 4) is 0 Å². The molecule has 0 aliphatic carbocycles. The van der Waals surface area contributed by atoms with Crippen molar-refractivity contribution in [3.63, 3.8) is 0 Å². The molecule has 0 radical (unpaired) electrons. The van der Waals surface area contributed by atoms with E-state index in [1.807, 2.05) is 0 Å². The molecule has 176 valence electrons. The van der Waals surface area contributed by atoms with Gasteiger partial charge in [0.15, 0.2) is 0 Å². The third-order valence-corrected chi connectivity index (χ3v) is 7.00. The van der Waals surface area contributed by atoms with Gasteiger partial charge in [-0.05, 0) is 66.2 Å². The number of nitrogens with zero attached hydrogens (tertiary/aromatic N) is 3. The van der Waals surface area contributed by atoms with E-state index in [0.29, 0.717) is 27.9 Å². The van der Waals surface area contributed by atoms with E-state index in [-0.39, 0.29) is 34.3 Å². The Bertz CT molecular complexity index is 1330. The Balaban J connectivity index is 1.41. The molecule has 3 aromatic rings. The molecule has 2 amide bonds. The predicted molar refractivity (Wildman–Crippen MR) is 124 cm³/mol. The average molecular weight is 507 g/mol. The number of thioether (sulfide) groups is 1. The molecule has 6 nitrogen and oxygen atoms in total. The van der Waals surface area contributed by atoms with Crippen molar-refractivity contribution in [1.82, 2.24) is 20.0 Å². The monoisotopic (exact) mass is 506 g/mol. The fourth-order valence-electron chi connectivity index (χ4n) is 4.24. The molecule has 0 saturated carbocycles.